The maximum atomic E-state index is 12.8. The number of nitrogens with one attached hydrogen (secondary N) is 1. The average molecular weight is 363 g/mol. The number of H-pyrrole nitrogens is 1. The monoisotopic (exact) mass is 363 g/mol. The van der Waals surface area contributed by atoms with Gasteiger partial charge in [0.25, 0.3) is 0 Å². The summed E-state index contributed by atoms with van der Waals surface area (Å²) in [6.45, 7) is 2.58. The molecule has 27 heavy (non-hydrogen) atoms. The molecular weight excluding hydrogens is 342 g/mol. The minimum absolute atomic E-state index is 0.0460. The molecule has 0 aliphatic carbocycles. The van der Waals surface area contributed by atoms with Crippen LogP contribution in [0.2, 0.25) is 0 Å². The Labute approximate surface area is 156 Å². The van der Waals surface area contributed by atoms with E-state index in [4.69, 9.17) is 0 Å². The summed E-state index contributed by atoms with van der Waals surface area (Å²) in [6, 6.07) is 15.3. The van der Waals surface area contributed by atoms with Gasteiger partial charge in [-0.2, -0.15) is 0 Å². The molecule has 0 spiro atoms. The first-order valence-corrected chi connectivity index (χ1v) is 9.02. The molecule has 0 unspecified atom stereocenters. The van der Waals surface area contributed by atoms with Crippen LogP contribution >= 0.6 is 0 Å². The second-order valence-electron chi connectivity index (χ2n) is 7.11. The Morgan fingerprint density at radius 1 is 1.19 bits per heavy atom. The van der Waals surface area contributed by atoms with E-state index in [1.165, 1.54) is 0 Å². The lowest BCUT2D eigenvalue weighted by molar-refractivity contribution is -0.141. The number of rotatable bonds is 4. The van der Waals surface area contributed by atoms with Gasteiger partial charge in [-0.15, -0.1) is 0 Å². The number of benzene rings is 2. The summed E-state index contributed by atoms with van der Waals surface area (Å²) in [5.74, 6) is -0.814. The van der Waals surface area contributed by atoms with Gasteiger partial charge >= 0.3 is 5.97 Å². The Kier molecular flexibility index (Phi) is 4.39. The number of carbonyl (C=O) groups is 2. The number of aliphatic carboxylic acids is 1. The number of carboxylic acids is 1. The van der Waals surface area contributed by atoms with Crippen molar-refractivity contribution in [2.75, 3.05) is 13.1 Å². The van der Waals surface area contributed by atoms with E-state index in [0.29, 0.717) is 6.54 Å². The van der Waals surface area contributed by atoms with Crippen molar-refractivity contribution >= 4 is 22.9 Å². The zero-order valence-electron chi connectivity index (χ0n) is 15.1. The maximum Gasteiger partial charge on any atom is 0.308 e. The first-order valence-electron chi connectivity index (χ1n) is 9.02. The van der Waals surface area contributed by atoms with E-state index in [1.807, 2.05) is 55.5 Å². The lowest BCUT2D eigenvalue weighted by Gasteiger charge is -2.16. The molecule has 6 nitrogen and oxygen atoms in total. The predicted molar refractivity (Wildman–Crippen MR) is 101 cm³/mol. The number of hydrogen-bond donors (Lipinski definition) is 2. The zero-order chi connectivity index (χ0) is 19.0. The van der Waals surface area contributed by atoms with E-state index in [2.05, 4.69) is 9.97 Å². The maximum absolute atomic E-state index is 12.8. The van der Waals surface area contributed by atoms with E-state index < -0.39 is 11.9 Å². The number of likely N-dealkylation sites (tertiary alicyclic amines) is 1. The fraction of sp³-hybridized carbons (Fsp3) is 0.286. The molecule has 1 amide bonds. The van der Waals surface area contributed by atoms with Crippen molar-refractivity contribution < 1.29 is 14.7 Å². The van der Waals surface area contributed by atoms with E-state index in [1.54, 1.807) is 4.90 Å². The van der Waals surface area contributed by atoms with Gasteiger partial charge in [0.2, 0.25) is 5.91 Å². The van der Waals surface area contributed by atoms with Crippen LogP contribution in [0.3, 0.4) is 0 Å². The molecular formula is C21H21N3O3. The van der Waals surface area contributed by atoms with Gasteiger partial charge in [-0.3, -0.25) is 9.59 Å². The molecule has 138 valence electrons. The van der Waals surface area contributed by atoms with E-state index in [-0.39, 0.29) is 24.8 Å². The smallest absolute Gasteiger partial charge is 0.308 e. The second kappa shape index (κ2) is 6.87. The number of hydrogen-bond acceptors (Lipinski definition) is 3. The Morgan fingerprint density at radius 2 is 1.96 bits per heavy atom. The van der Waals surface area contributed by atoms with Crippen LogP contribution in [-0.2, 0) is 16.0 Å². The highest BCUT2D eigenvalue weighted by Crippen LogP contribution is 2.33. The van der Waals surface area contributed by atoms with E-state index in [9.17, 15) is 14.7 Å². The molecule has 0 bridgehead atoms. The third-order valence-corrected chi connectivity index (χ3v) is 5.24. The standard InChI is InChI=1S/C21H21N3O3/c1-13-22-18-8-7-14(9-19(18)23-13)10-20(25)24-11-16(17(12-24)21(26)27)15-5-3-2-4-6-15/h2-9,16-17H,10-12H2,1H3,(H,22,23)(H,26,27)/t16-,17+/m1/s1. The topological polar surface area (TPSA) is 86.3 Å². The summed E-state index contributed by atoms with van der Waals surface area (Å²) in [5.41, 5.74) is 3.64. The van der Waals surface area contributed by atoms with Crippen molar-refractivity contribution in [2.45, 2.75) is 19.3 Å². The third-order valence-electron chi connectivity index (χ3n) is 5.24. The van der Waals surface area contributed by atoms with Gasteiger partial charge in [-0.1, -0.05) is 36.4 Å². The summed E-state index contributed by atoms with van der Waals surface area (Å²) in [7, 11) is 0. The summed E-state index contributed by atoms with van der Waals surface area (Å²) >= 11 is 0. The van der Waals surface area contributed by atoms with Crippen LogP contribution in [0.4, 0.5) is 0 Å². The van der Waals surface area contributed by atoms with Gasteiger partial charge in [0.15, 0.2) is 0 Å². The predicted octanol–water partition coefficient (Wildman–Crippen LogP) is 2.74. The highest BCUT2D eigenvalue weighted by atomic mass is 16.4. The van der Waals surface area contributed by atoms with Gasteiger partial charge in [0, 0.05) is 19.0 Å². The molecule has 2 atom stereocenters. The van der Waals surface area contributed by atoms with Gasteiger partial charge < -0.3 is 15.0 Å². The zero-order valence-corrected chi connectivity index (χ0v) is 15.1. The SMILES string of the molecule is Cc1nc2ccc(CC(=O)N3C[C@H](C(=O)O)[C@@H](c4ccccc4)C3)cc2[nH]1. The third kappa shape index (κ3) is 3.43. The van der Waals surface area contributed by atoms with Crippen LogP contribution in [0.25, 0.3) is 11.0 Å². The first-order chi connectivity index (χ1) is 13.0. The number of carbonyl (C=O) groups excluding carboxylic acids is 1. The lowest BCUT2D eigenvalue weighted by Crippen LogP contribution is -2.31. The number of nitrogens with zero attached hydrogens (tertiary/aromatic N) is 2. The second-order valence-corrected chi connectivity index (χ2v) is 7.11. The van der Waals surface area contributed by atoms with Crippen molar-refractivity contribution in [3.05, 3.63) is 65.5 Å². The van der Waals surface area contributed by atoms with Crippen molar-refractivity contribution in [2.24, 2.45) is 5.92 Å². The Balaban J connectivity index is 1.52. The van der Waals surface area contributed by atoms with Crippen molar-refractivity contribution in [3.63, 3.8) is 0 Å². The molecule has 3 aromatic rings. The van der Waals surface area contributed by atoms with Crippen molar-refractivity contribution in [3.8, 4) is 0 Å². The normalized spacial score (nSPS) is 19.5. The van der Waals surface area contributed by atoms with Gasteiger partial charge in [0.1, 0.15) is 5.82 Å². The van der Waals surface area contributed by atoms with Crippen molar-refractivity contribution in [1.82, 2.24) is 14.9 Å². The molecule has 2 aromatic carbocycles. The fourth-order valence-corrected chi connectivity index (χ4v) is 3.88. The number of aryl methyl sites for hydroxylation is 1. The van der Waals surface area contributed by atoms with Crippen molar-refractivity contribution in [1.29, 1.82) is 0 Å². The fourth-order valence-electron chi connectivity index (χ4n) is 3.88. The van der Waals surface area contributed by atoms with Crippen LogP contribution < -0.4 is 0 Å². The highest BCUT2D eigenvalue weighted by Gasteiger charge is 2.40. The quantitative estimate of drug-likeness (QED) is 0.746. The van der Waals surface area contributed by atoms with Crippen LogP contribution in [0.15, 0.2) is 48.5 Å². The number of aromatic amines is 1. The first kappa shape index (κ1) is 17.3. The molecule has 2 N–H and O–H groups in total. The van der Waals surface area contributed by atoms with E-state index in [0.717, 1.165) is 28.0 Å². The molecule has 1 fully saturated rings. The minimum atomic E-state index is -0.853. The molecule has 1 aliphatic heterocycles. The van der Waals surface area contributed by atoms with Gasteiger partial charge in [0.05, 0.1) is 23.4 Å². The summed E-state index contributed by atoms with van der Waals surface area (Å²) in [6.07, 6.45) is 0.252. The molecule has 6 heteroatoms. The molecule has 4 rings (SSSR count). The summed E-state index contributed by atoms with van der Waals surface area (Å²) in [5, 5.41) is 9.61. The number of amides is 1. The average Bonchev–Trinajstić information content (AvgIpc) is 3.25. The molecule has 1 saturated heterocycles. The number of fused-ring (bicyclic) bond motifs is 1. The molecule has 2 heterocycles. The lowest BCUT2D eigenvalue weighted by atomic mass is 9.89. The summed E-state index contributed by atoms with van der Waals surface area (Å²) < 4.78 is 0. The molecule has 0 saturated carbocycles. The molecule has 1 aliphatic rings. The number of aromatic nitrogens is 2. The largest absolute Gasteiger partial charge is 0.481 e. The molecule has 0 radical (unpaired) electrons. The minimum Gasteiger partial charge on any atom is -0.481 e. The van der Waals surface area contributed by atoms with Crippen LogP contribution in [0.1, 0.15) is 22.9 Å². The summed E-state index contributed by atoms with van der Waals surface area (Å²) in [4.78, 5) is 33.7. The van der Waals surface area contributed by atoms with E-state index >= 15 is 0 Å². The Bertz CT molecular complexity index is 996. The molecule has 1 aromatic heterocycles. The highest BCUT2D eigenvalue weighted by molar-refractivity contribution is 5.83. The van der Waals surface area contributed by atoms with Crippen LogP contribution in [0.5, 0.6) is 0 Å². The Hall–Kier alpha value is -3.15. The van der Waals surface area contributed by atoms with Gasteiger partial charge in [-0.25, -0.2) is 4.98 Å². The number of imidazole rings is 1. The Morgan fingerprint density at radius 3 is 2.70 bits per heavy atom. The van der Waals surface area contributed by atoms with Crippen LogP contribution in [0, 0.1) is 12.8 Å². The number of carboxylic acid groups (broad SMARTS) is 1. The van der Waals surface area contributed by atoms with Crippen LogP contribution in [-0.4, -0.2) is 44.9 Å². The van der Waals surface area contributed by atoms with Gasteiger partial charge in [-0.05, 0) is 30.2 Å².